The van der Waals surface area contributed by atoms with Crippen LogP contribution < -0.4 is 5.32 Å². The lowest BCUT2D eigenvalue weighted by atomic mass is 9.86. The number of aliphatic hydroxyl groups excluding tert-OH is 1. The SMILES string of the molecule is O=C(O)C1CCC(NC(=O)N2CCCCC2CCO)CC1. The van der Waals surface area contributed by atoms with Crippen molar-refractivity contribution in [2.75, 3.05) is 13.2 Å². The lowest BCUT2D eigenvalue weighted by Crippen LogP contribution is -2.52. The number of hydrogen-bond acceptors (Lipinski definition) is 3. The Bertz CT molecular complexity index is 365. The van der Waals surface area contributed by atoms with Crippen LogP contribution in [0.3, 0.4) is 0 Å². The van der Waals surface area contributed by atoms with E-state index in [1.807, 2.05) is 4.90 Å². The quantitative estimate of drug-likeness (QED) is 0.735. The molecule has 1 saturated carbocycles. The zero-order valence-corrected chi connectivity index (χ0v) is 12.5. The molecule has 3 N–H and O–H groups in total. The summed E-state index contributed by atoms with van der Waals surface area (Å²) in [6.07, 6.45) is 6.47. The first kappa shape index (κ1) is 16.1. The van der Waals surface area contributed by atoms with Gasteiger partial charge in [-0.15, -0.1) is 0 Å². The summed E-state index contributed by atoms with van der Waals surface area (Å²) in [5, 5.41) is 21.1. The molecule has 1 aliphatic carbocycles. The van der Waals surface area contributed by atoms with Gasteiger partial charge >= 0.3 is 12.0 Å². The van der Waals surface area contributed by atoms with E-state index in [-0.39, 0.29) is 30.6 Å². The molecule has 1 aliphatic heterocycles. The molecule has 0 aromatic heterocycles. The molecule has 2 aliphatic rings. The van der Waals surface area contributed by atoms with Crippen molar-refractivity contribution in [3.05, 3.63) is 0 Å². The van der Waals surface area contributed by atoms with Gasteiger partial charge in [-0.2, -0.15) is 0 Å². The summed E-state index contributed by atoms with van der Waals surface area (Å²) >= 11 is 0. The molecule has 0 radical (unpaired) electrons. The fourth-order valence-electron chi connectivity index (χ4n) is 3.46. The van der Waals surface area contributed by atoms with Crippen LogP contribution in [0.2, 0.25) is 0 Å². The number of amides is 2. The predicted octanol–water partition coefficient (Wildman–Crippen LogP) is 1.58. The van der Waals surface area contributed by atoms with Crippen LogP contribution in [0.15, 0.2) is 0 Å². The van der Waals surface area contributed by atoms with Gasteiger partial charge in [0.05, 0.1) is 5.92 Å². The number of carboxylic acid groups (broad SMARTS) is 1. The minimum atomic E-state index is -0.723. The average Bonchev–Trinajstić information content (AvgIpc) is 2.48. The van der Waals surface area contributed by atoms with Crippen LogP contribution >= 0.6 is 0 Å². The molecule has 0 aromatic carbocycles. The smallest absolute Gasteiger partial charge is 0.317 e. The first-order valence-corrected chi connectivity index (χ1v) is 8.02. The van der Waals surface area contributed by atoms with E-state index in [9.17, 15) is 9.59 Å². The van der Waals surface area contributed by atoms with E-state index in [1.54, 1.807) is 0 Å². The van der Waals surface area contributed by atoms with Crippen molar-refractivity contribution in [1.29, 1.82) is 0 Å². The van der Waals surface area contributed by atoms with Gasteiger partial charge in [0, 0.05) is 25.2 Å². The number of rotatable bonds is 4. The summed E-state index contributed by atoms with van der Waals surface area (Å²) in [6.45, 7) is 0.860. The van der Waals surface area contributed by atoms with Gasteiger partial charge in [0.15, 0.2) is 0 Å². The van der Waals surface area contributed by atoms with Crippen LogP contribution in [-0.2, 0) is 4.79 Å². The highest BCUT2D eigenvalue weighted by Gasteiger charge is 2.30. The van der Waals surface area contributed by atoms with Gasteiger partial charge in [-0.25, -0.2) is 4.79 Å². The van der Waals surface area contributed by atoms with Crippen LogP contribution in [0.4, 0.5) is 4.79 Å². The zero-order chi connectivity index (χ0) is 15.2. The van der Waals surface area contributed by atoms with E-state index < -0.39 is 5.97 Å². The number of likely N-dealkylation sites (tertiary alicyclic amines) is 1. The van der Waals surface area contributed by atoms with Crippen LogP contribution in [-0.4, -0.2) is 52.3 Å². The molecule has 21 heavy (non-hydrogen) atoms. The number of carboxylic acids is 1. The first-order chi connectivity index (χ1) is 10.1. The molecular formula is C15H26N2O4. The Labute approximate surface area is 125 Å². The molecule has 6 nitrogen and oxygen atoms in total. The molecule has 2 fully saturated rings. The summed E-state index contributed by atoms with van der Waals surface area (Å²) in [5.41, 5.74) is 0. The van der Waals surface area contributed by atoms with Gasteiger partial charge in [0.2, 0.25) is 0 Å². The molecule has 2 rings (SSSR count). The second-order valence-electron chi connectivity index (χ2n) is 6.19. The predicted molar refractivity (Wildman–Crippen MR) is 78.0 cm³/mol. The van der Waals surface area contributed by atoms with Crippen molar-refractivity contribution in [1.82, 2.24) is 10.2 Å². The summed E-state index contributed by atoms with van der Waals surface area (Å²) < 4.78 is 0. The summed E-state index contributed by atoms with van der Waals surface area (Å²) in [6, 6.07) is 0.177. The molecular weight excluding hydrogens is 272 g/mol. The van der Waals surface area contributed by atoms with E-state index in [1.165, 1.54) is 0 Å². The van der Waals surface area contributed by atoms with E-state index in [0.29, 0.717) is 19.3 Å². The highest BCUT2D eigenvalue weighted by molar-refractivity contribution is 5.75. The minimum Gasteiger partial charge on any atom is -0.481 e. The Morgan fingerprint density at radius 2 is 1.81 bits per heavy atom. The lowest BCUT2D eigenvalue weighted by Gasteiger charge is -2.37. The fourth-order valence-corrected chi connectivity index (χ4v) is 3.46. The van der Waals surface area contributed by atoms with Crippen LogP contribution in [0.5, 0.6) is 0 Å². The second kappa shape index (κ2) is 7.64. The number of hydrogen-bond donors (Lipinski definition) is 3. The third kappa shape index (κ3) is 4.33. The maximum atomic E-state index is 12.4. The van der Waals surface area contributed by atoms with Crippen molar-refractivity contribution >= 4 is 12.0 Å². The fraction of sp³-hybridized carbons (Fsp3) is 0.867. The first-order valence-electron chi connectivity index (χ1n) is 8.02. The van der Waals surface area contributed by atoms with E-state index in [0.717, 1.165) is 38.6 Å². The molecule has 0 aromatic rings. The van der Waals surface area contributed by atoms with E-state index >= 15 is 0 Å². The number of urea groups is 1. The van der Waals surface area contributed by atoms with Crippen LogP contribution in [0.1, 0.15) is 51.4 Å². The van der Waals surface area contributed by atoms with Gasteiger partial charge in [0.1, 0.15) is 0 Å². The number of nitrogens with zero attached hydrogens (tertiary/aromatic N) is 1. The molecule has 1 saturated heterocycles. The van der Waals surface area contributed by atoms with Gasteiger partial charge < -0.3 is 20.4 Å². The number of piperidine rings is 1. The summed E-state index contributed by atoms with van der Waals surface area (Å²) in [4.78, 5) is 25.2. The Hall–Kier alpha value is -1.30. The zero-order valence-electron chi connectivity index (χ0n) is 12.5. The monoisotopic (exact) mass is 298 g/mol. The second-order valence-corrected chi connectivity index (χ2v) is 6.19. The van der Waals surface area contributed by atoms with Gasteiger partial charge in [-0.3, -0.25) is 4.79 Å². The molecule has 0 bridgehead atoms. The van der Waals surface area contributed by atoms with Crippen LogP contribution in [0, 0.1) is 5.92 Å². The van der Waals surface area contributed by atoms with E-state index in [2.05, 4.69) is 5.32 Å². The molecule has 6 heteroatoms. The topological polar surface area (TPSA) is 89.9 Å². The van der Waals surface area contributed by atoms with Crippen molar-refractivity contribution < 1.29 is 19.8 Å². The number of carbonyl (C=O) groups is 2. The van der Waals surface area contributed by atoms with Crippen molar-refractivity contribution in [3.8, 4) is 0 Å². The Morgan fingerprint density at radius 1 is 1.10 bits per heavy atom. The van der Waals surface area contributed by atoms with Crippen molar-refractivity contribution in [2.45, 2.75) is 63.5 Å². The maximum Gasteiger partial charge on any atom is 0.317 e. The molecule has 0 spiro atoms. The third-order valence-electron chi connectivity index (χ3n) is 4.75. The van der Waals surface area contributed by atoms with Gasteiger partial charge in [0.25, 0.3) is 0 Å². The normalized spacial score (nSPS) is 30.0. The number of aliphatic carboxylic acids is 1. The van der Waals surface area contributed by atoms with Gasteiger partial charge in [-0.05, 0) is 51.4 Å². The molecule has 1 heterocycles. The third-order valence-corrected chi connectivity index (χ3v) is 4.75. The Kier molecular flexibility index (Phi) is 5.85. The molecule has 2 amide bonds. The maximum absolute atomic E-state index is 12.4. The largest absolute Gasteiger partial charge is 0.481 e. The summed E-state index contributed by atoms with van der Waals surface area (Å²) in [5.74, 6) is -0.978. The average molecular weight is 298 g/mol. The Balaban J connectivity index is 1.82. The van der Waals surface area contributed by atoms with Crippen LogP contribution in [0.25, 0.3) is 0 Å². The Morgan fingerprint density at radius 3 is 2.43 bits per heavy atom. The van der Waals surface area contributed by atoms with E-state index in [4.69, 9.17) is 10.2 Å². The number of aliphatic hydroxyl groups is 1. The molecule has 120 valence electrons. The molecule has 1 unspecified atom stereocenters. The lowest BCUT2D eigenvalue weighted by molar-refractivity contribution is -0.142. The summed E-state index contributed by atoms with van der Waals surface area (Å²) in [7, 11) is 0. The van der Waals surface area contributed by atoms with Crippen molar-refractivity contribution in [2.24, 2.45) is 5.92 Å². The number of carbonyl (C=O) groups excluding carboxylic acids is 1. The highest BCUT2D eigenvalue weighted by Crippen LogP contribution is 2.25. The molecule has 1 atom stereocenters. The van der Waals surface area contributed by atoms with Gasteiger partial charge in [-0.1, -0.05) is 0 Å². The highest BCUT2D eigenvalue weighted by atomic mass is 16.4. The standard InChI is InChI=1S/C15H26N2O4/c18-10-8-13-3-1-2-9-17(13)15(21)16-12-6-4-11(5-7-12)14(19)20/h11-13,18H,1-10H2,(H,16,21)(H,19,20). The minimum absolute atomic E-state index is 0.0491. The van der Waals surface area contributed by atoms with Crippen molar-refractivity contribution in [3.63, 3.8) is 0 Å². The number of nitrogens with one attached hydrogen (secondary N) is 1.